The number of aliphatic hydroxyl groups excluding tert-OH is 3. The highest BCUT2D eigenvalue weighted by molar-refractivity contribution is 7.46. The molecule has 1 aliphatic rings. The molecule has 50 heavy (non-hydrogen) atoms. The van der Waals surface area contributed by atoms with Gasteiger partial charge in [-0.15, -0.1) is 0 Å². The van der Waals surface area contributed by atoms with Crippen molar-refractivity contribution in [1.82, 2.24) is 0 Å². The van der Waals surface area contributed by atoms with Crippen LogP contribution in [0.2, 0.25) is 0 Å². The van der Waals surface area contributed by atoms with Crippen LogP contribution in [0.4, 0.5) is 0 Å². The van der Waals surface area contributed by atoms with Crippen LogP contribution in [0.1, 0.15) is 149 Å². The summed E-state index contributed by atoms with van der Waals surface area (Å²) in [7, 11) is -4.82. The SMILES string of the molecule is CCCCC[C@H](O)/C=C/[C@@H]1[C@@H](C/C=C/CCCC(=O)O[C@H](COC(=O)CCCCCCCCCCC(C)CC)COP(=O)(O)O)[C@@H](O)C[C@H]1O. The third-order valence-corrected chi connectivity index (χ3v) is 10.1. The number of phosphoric acid groups is 1. The molecule has 292 valence electrons. The number of ether oxygens (including phenoxy) is 2. The van der Waals surface area contributed by atoms with Gasteiger partial charge in [0.1, 0.15) is 6.61 Å². The Morgan fingerprint density at radius 2 is 1.46 bits per heavy atom. The van der Waals surface area contributed by atoms with Crippen LogP contribution in [0.5, 0.6) is 0 Å². The Morgan fingerprint density at radius 3 is 2.12 bits per heavy atom. The van der Waals surface area contributed by atoms with Gasteiger partial charge in [0.05, 0.1) is 24.9 Å². The molecule has 11 nitrogen and oxygen atoms in total. The van der Waals surface area contributed by atoms with E-state index < -0.39 is 50.8 Å². The van der Waals surface area contributed by atoms with Crippen molar-refractivity contribution < 1.29 is 53.3 Å². The second kappa shape index (κ2) is 28.0. The number of aliphatic hydroxyl groups is 3. The monoisotopic (exact) mass is 732 g/mol. The summed E-state index contributed by atoms with van der Waals surface area (Å²) in [6, 6.07) is 0. The molecule has 12 heteroatoms. The number of esters is 2. The minimum atomic E-state index is -4.82. The fourth-order valence-electron chi connectivity index (χ4n) is 6.22. The Hall–Kier alpha value is -1.59. The van der Waals surface area contributed by atoms with Crippen molar-refractivity contribution in [1.29, 1.82) is 0 Å². The molecule has 0 spiro atoms. The highest BCUT2D eigenvalue weighted by atomic mass is 31.2. The van der Waals surface area contributed by atoms with E-state index in [0.717, 1.165) is 44.4 Å². The molecule has 0 heterocycles. The summed E-state index contributed by atoms with van der Waals surface area (Å²) in [4.78, 5) is 42.9. The average molecular weight is 733 g/mol. The van der Waals surface area contributed by atoms with Gasteiger partial charge in [-0.25, -0.2) is 4.57 Å². The highest BCUT2D eigenvalue weighted by Crippen LogP contribution is 2.37. The van der Waals surface area contributed by atoms with E-state index in [1.165, 1.54) is 38.5 Å². The maximum Gasteiger partial charge on any atom is 0.469 e. The topological polar surface area (TPSA) is 180 Å². The van der Waals surface area contributed by atoms with Gasteiger partial charge >= 0.3 is 19.8 Å². The number of carbonyl (C=O) groups is 2. The van der Waals surface area contributed by atoms with Crippen molar-refractivity contribution in [3.05, 3.63) is 24.3 Å². The summed E-state index contributed by atoms with van der Waals surface area (Å²) in [5, 5.41) is 31.1. The third-order valence-electron chi connectivity index (χ3n) is 9.58. The average Bonchev–Trinajstić information content (AvgIpc) is 3.34. The van der Waals surface area contributed by atoms with Crippen LogP contribution in [0.3, 0.4) is 0 Å². The van der Waals surface area contributed by atoms with Gasteiger partial charge in [-0.2, -0.15) is 0 Å². The van der Waals surface area contributed by atoms with E-state index in [-0.39, 0.29) is 37.7 Å². The van der Waals surface area contributed by atoms with Crippen molar-refractivity contribution >= 4 is 19.8 Å². The lowest BCUT2D eigenvalue weighted by molar-refractivity contribution is -0.161. The van der Waals surface area contributed by atoms with Crippen molar-refractivity contribution in [2.45, 2.75) is 174 Å². The quantitative estimate of drug-likeness (QED) is 0.0214. The third kappa shape index (κ3) is 23.8. The van der Waals surface area contributed by atoms with Gasteiger partial charge in [0.15, 0.2) is 6.10 Å². The number of unbranched alkanes of at least 4 members (excludes halogenated alkanes) is 10. The number of phosphoric ester groups is 1. The minimum Gasteiger partial charge on any atom is -0.462 e. The van der Waals surface area contributed by atoms with E-state index in [1.807, 2.05) is 18.2 Å². The molecule has 0 radical (unpaired) electrons. The molecule has 0 aromatic rings. The van der Waals surface area contributed by atoms with E-state index in [1.54, 1.807) is 6.08 Å². The largest absolute Gasteiger partial charge is 0.469 e. The number of hydrogen-bond acceptors (Lipinski definition) is 9. The zero-order valence-electron chi connectivity index (χ0n) is 31.0. The van der Waals surface area contributed by atoms with E-state index in [9.17, 15) is 29.5 Å². The second-order valence-electron chi connectivity index (χ2n) is 14.1. The fourth-order valence-corrected chi connectivity index (χ4v) is 6.58. The summed E-state index contributed by atoms with van der Waals surface area (Å²) in [6.45, 7) is 5.67. The summed E-state index contributed by atoms with van der Waals surface area (Å²) < 4.78 is 26.3. The Morgan fingerprint density at radius 1 is 0.820 bits per heavy atom. The smallest absolute Gasteiger partial charge is 0.462 e. The molecule has 1 fully saturated rings. The van der Waals surface area contributed by atoms with Gasteiger partial charge in [0, 0.05) is 25.2 Å². The standard InChI is InChI=1S/C38H69O11P/c1-4-6-15-21-31(39)25-26-34-33(35(40)27-36(34)41)22-17-13-14-19-24-38(43)49-32(29-48-50(44,45)46)28-47-37(42)23-18-12-10-8-7-9-11-16-20-30(3)5-2/h13,17,25-26,30-36,39-41H,4-12,14-16,18-24,27-29H2,1-3H3,(H2,44,45,46)/b17-13+,26-25+/t30?,31-,32+,33+,34+,35-,36+/m0/s1. The Labute approximate surface area is 301 Å². The molecule has 7 atom stereocenters. The van der Waals surface area contributed by atoms with E-state index in [2.05, 4.69) is 25.3 Å². The number of allylic oxidation sites excluding steroid dienone is 2. The Bertz CT molecular complexity index is 997. The van der Waals surface area contributed by atoms with Crippen LogP contribution in [-0.4, -0.2) is 74.7 Å². The minimum absolute atomic E-state index is 0.0363. The van der Waals surface area contributed by atoms with E-state index in [4.69, 9.17) is 19.3 Å². The predicted molar refractivity (Wildman–Crippen MR) is 195 cm³/mol. The van der Waals surface area contributed by atoms with Crippen LogP contribution < -0.4 is 0 Å². The van der Waals surface area contributed by atoms with Gasteiger partial charge in [-0.3, -0.25) is 14.1 Å². The van der Waals surface area contributed by atoms with Crippen LogP contribution >= 0.6 is 7.82 Å². The van der Waals surface area contributed by atoms with E-state index in [0.29, 0.717) is 32.1 Å². The normalized spacial score (nSPS) is 21.5. The van der Waals surface area contributed by atoms with Gasteiger partial charge in [-0.05, 0) is 43.9 Å². The Balaban J connectivity index is 2.37. The van der Waals surface area contributed by atoms with Crippen molar-refractivity contribution in [3.63, 3.8) is 0 Å². The lowest BCUT2D eigenvalue weighted by Crippen LogP contribution is -2.29. The molecule has 5 N–H and O–H groups in total. The van der Waals surface area contributed by atoms with Crippen LogP contribution in [-0.2, 0) is 28.2 Å². The van der Waals surface area contributed by atoms with Crippen molar-refractivity contribution in [3.8, 4) is 0 Å². The van der Waals surface area contributed by atoms with Gasteiger partial charge in [0.25, 0.3) is 0 Å². The molecule has 1 rings (SSSR count). The maximum atomic E-state index is 12.5. The molecule has 1 aliphatic carbocycles. The first-order valence-electron chi connectivity index (χ1n) is 19.3. The van der Waals surface area contributed by atoms with Gasteiger partial charge in [-0.1, -0.05) is 122 Å². The molecule has 0 aromatic carbocycles. The van der Waals surface area contributed by atoms with Crippen molar-refractivity contribution in [2.75, 3.05) is 13.2 Å². The summed E-state index contributed by atoms with van der Waals surface area (Å²) in [5.41, 5.74) is 0. The lowest BCUT2D eigenvalue weighted by atomic mass is 9.89. The zero-order valence-corrected chi connectivity index (χ0v) is 31.9. The number of carbonyl (C=O) groups excluding carboxylic acids is 2. The molecule has 0 bridgehead atoms. The number of hydrogen-bond donors (Lipinski definition) is 5. The molecular formula is C38H69O11P. The molecule has 1 unspecified atom stereocenters. The van der Waals surface area contributed by atoms with E-state index >= 15 is 0 Å². The second-order valence-corrected chi connectivity index (χ2v) is 15.4. The first-order valence-corrected chi connectivity index (χ1v) is 20.8. The van der Waals surface area contributed by atoms with Crippen LogP contribution in [0.25, 0.3) is 0 Å². The lowest BCUT2D eigenvalue weighted by Gasteiger charge is -2.19. The first-order chi connectivity index (χ1) is 23.9. The molecule has 0 amide bonds. The van der Waals surface area contributed by atoms with Crippen LogP contribution in [0, 0.1) is 17.8 Å². The van der Waals surface area contributed by atoms with Crippen LogP contribution in [0.15, 0.2) is 24.3 Å². The number of rotatable bonds is 30. The molecule has 0 aromatic heterocycles. The van der Waals surface area contributed by atoms with Gasteiger partial charge in [0.2, 0.25) is 0 Å². The molecule has 1 saturated carbocycles. The first kappa shape index (κ1) is 46.4. The Kier molecular flexibility index (Phi) is 26.0. The summed E-state index contributed by atoms with van der Waals surface area (Å²) in [6.07, 6.45) is 21.5. The fraction of sp³-hybridized carbons (Fsp3) is 0.842. The maximum absolute atomic E-state index is 12.5. The predicted octanol–water partition coefficient (Wildman–Crippen LogP) is 7.47. The molecule has 0 saturated heterocycles. The molecule has 0 aliphatic heterocycles. The summed E-state index contributed by atoms with van der Waals surface area (Å²) >= 11 is 0. The molecular weight excluding hydrogens is 663 g/mol. The van der Waals surface area contributed by atoms with Gasteiger partial charge < -0.3 is 34.6 Å². The highest BCUT2D eigenvalue weighted by Gasteiger charge is 2.39. The zero-order chi connectivity index (χ0) is 37.2. The summed E-state index contributed by atoms with van der Waals surface area (Å²) in [5.74, 6) is -0.692. The van der Waals surface area contributed by atoms with Crippen molar-refractivity contribution in [2.24, 2.45) is 17.8 Å².